The summed E-state index contributed by atoms with van der Waals surface area (Å²) < 4.78 is 4.97. The van der Waals surface area contributed by atoms with E-state index >= 15 is 0 Å². The van der Waals surface area contributed by atoms with Crippen molar-refractivity contribution in [2.75, 3.05) is 0 Å². The SMILES string of the molecule is CC(C)(C)OC(=O)C(C)(C)O[N]. The van der Waals surface area contributed by atoms with Crippen molar-refractivity contribution in [1.29, 1.82) is 0 Å². The topological polar surface area (TPSA) is 57.8 Å². The monoisotopic (exact) mass is 173 g/mol. The minimum Gasteiger partial charge on any atom is -0.458 e. The molecular formula is C8H15NO3. The summed E-state index contributed by atoms with van der Waals surface area (Å²) in [6.07, 6.45) is 0. The Morgan fingerprint density at radius 3 is 1.83 bits per heavy atom. The second kappa shape index (κ2) is 3.41. The molecule has 2 radical (unpaired) electrons. The Balaban J connectivity index is 4.23. The second-order valence-electron chi connectivity index (χ2n) is 4.10. The van der Waals surface area contributed by atoms with E-state index in [9.17, 15) is 4.79 Å². The molecule has 0 bridgehead atoms. The van der Waals surface area contributed by atoms with Gasteiger partial charge in [-0.2, -0.15) is 0 Å². The van der Waals surface area contributed by atoms with Gasteiger partial charge < -0.3 is 4.74 Å². The summed E-state index contributed by atoms with van der Waals surface area (Å²) in [5, 5.41) is 0. The molecule has 0 fully saturated rings. The largest absolute Gasteiger partial charge is 0.458 e. The summed E-state index contributed by atoms with van der Waals surface area (Å²) in [4.78, 5) is 15.2. The molecule has 12 heavy (non-hydrogen) atoms. The molecule has 4 heteroatoms. The fourth-order valence-electron chi connectivity index (χ4n) is 0.438. The third-order valence-electron chi connectivity index (χ3n) is 1.12. The van der Waals surface area contributed by atoms with E-state index in [2.05, 4.69) is 4.84 Å². The highest BCUT2D eigenvalue weighted by atomic mass is 16.7. The van der Waals surface area contributed by atoms with Crippen LogP contribution in [0.3, 0.4) is 0 Å². The van der Waals surface area contributed by atoms with Gasteiger partial charge in [0, 0.05) is 5.90 Å². The molecule has 4 nitrogen and oxygen atoms in total. The van der Waals surface area contributed by atoms with Crippen LogP contribution in [0.25, 0.3) is 0 Å². The van der Waals surface area contributed by atoms with E-state index in [4.69, 9.17) is 10.6 Å². The van der Waals surface area contributed by atoms with Gasteiger partial charge in [-0.25, -0.2) is 9.63 Å². The molecule has 0 aliphatic carbocycles. The summed E-state index contributed by atoms with van der Waals surface area (Å²) in [6, 6.07) is 0. The molecule has 0 saturated heterocycles. The maximum Gasteiger partial charge on any atom is 0.340 e. The number of rotatable bonds is 2. The second-order valence-corrected chi connectivity index (χ2v) is 4.10. The Morgan fingerprint density at radius 1 is 1.17 bits per heavy atom. The average molecular weight is 173 g/mol. The lowest BCUT2D eigenvalue weighted by atomic mass is 10.1. The first-order chi connectivity index (χ1) is 5.19. The number of carbonyl (C=O) groups is 1. The predicted molar refractivity (Wildman–Crippen MR) is 43.1 cm³/mol. The predicted octanol–water partition coefficient (Wildman–Crippen LogP) is 1.11. The van der Waals surface area contributed by atoms with Crippen molar-refractivity contribution in [3.05, 3.63) is 0 Å². The zero-order valence-corrected chi connectivity index (χ0v) is 8.17. The number of esters is 1. The summed E-state index contributed by atoms with van der Waals surface area (Å²) in [7, 11) is 0. The van der Waals surface area contributed by atoms with Crippen LogP contribution in [0.4, 0.5) is 0 Å². The van der Waals surface area contributed by atoms with Gasteiger partial charge in [-0.15, -0.1) is 0 Å². The molecule has 0 atom stereocenters. The van der Waals surface area contributed by atoms with Gasteiger partial charge in [-0.1, -0.05) is 0 Å². The molecule has 0 amide bonds. The van der Waals surface area contributed by atoms with Crippen LogP contribution in [0.5, 0.6) is 0 Å². The van der Waals surface area contributed by atoms with Gasteiger partial charge in [-0.3, -0.25) is 0 Å². The van der Waals surface area contributed by atoms with Gasteiger partial charge in [0.15, 0.2) is 5.60 Å². The van der Waals surface area contributed by atoms with Gasteiger partial charge >= 0.3 is 5.97 Å². The Labute approximate surface area is 73.0 Å². The van der Waals surface area contributed by atoms with Crippen LogP contribution in [-0.4, -0.2) is 17.2 Å². The van der Waals surface area contributed by atoms with Crippen LogP contribution < -0.4 is 5.90 Å². The number of nitrogens with zero attached hydrogens (tertiary/aromatic N) is 1. The molecule has 0 rings (SSSR count). The van der Waals surface area contributed by atoms with E-state index < -0.39 is 17.2 Å². The van der Waals surface area contributed by atoms with Crippen molar-refractivity contribution in [3.63, 3.8) is 0 Å². The fourth-order valence-corrected chi connectivity index (χ4v) is 0.438. The summed E-state index contributed by atoms with van der Waals surface area (Å²) >= 11 is 0. The third-order valence-corrected chi connectivity index (χ3v) is 1.12. The van der Waals surface area contributed by atoms with Gasteiger partial charge in [0.2, 0.25) is 0 Å². The van der Waals surface area contributed by atoms with Gasteiger partial charge in [0.1, 0.15) is 5.60 Å². The molecule has 0 N–H and O–H groups in total. The molecule has 0 aromatic rings. The standard InChI is InChI=1S/C8H15NO3/c1-7(2,3)11-6(10)8(4,5)12-9/h1-5H3. The maximum absolute atomic E-state index is 11.2. The van der Waals surface area contributed by atoms with Crippen molar-refractivity contribution < 1.29 is 14.4 Å². The Kier molecular flexibility index (Phi) is 3.24. The first-order valence-corrected chi connectivity index (χ1v) is 3.75. The summed E-state index contributed by atoms with van der Waals surface area (Å²) in [6.45, 7) is 8.11. The smallest absolute Gasteiger partial charge is 0.340 e. The average Bonchev–Trinajstić information content (AvgIpc) is 1.84. The third kappa shape index (κ3) is 3.69. The Bertz CT molecular complexity index is 170. The number of ether oxygens (including phenoxy) is 1. The van der Waals surface area contributed by atoms with Crippen LogP contribution in [0, 0.1) is 0 Å². The number of hydrogen-bond donors (Lipinski definition) is 0. The van der Waals surface area contributed by atoms with E-state index in [0.717, 1.165) is 0 Å². The zero-order valence-electron chi connectivity index (χ0n) is 8.17. The van der Waals surface area contributed by atoms with Crippen LogP contribution in [0.1, 0.15) is 34.6 Å². The van der Waals surface area contributed by atoms with E-state index in [1.807, 2.05) is 0 Å². The summed E-state index contributed by atoms with van der Waals surface area (Å²) in [5.74, 6) is 7.77. The molecule has 0 saturated carbocycles. The van der Waals surface area contributed by atoms with Crippen molar-refractivity contribution in [1.82, 2.24) is 5.90 Å². The first-order valence-electron chi connectivity index (χ1n) is 3.75. The minimum absolute atomic E-state index is 0.563. The van der Waals surface area contributed by atoms with Gasteiger partial charge in [-0.05, 0) is 34.6 Å². The molecule has 0 aromatic carbocycles. The van der Waals surface area contributed by atoms with Crippen LogP contribution in [0.2, 0.25) is 0 Å². The van der Waals surface area contributed by atoms with E-state index in [1.54, 1.807) is 20.8 Å². The lowest BCUT2D eigenvalue weighted by molar-refractivity contribution is -0.181. The van der Waals surface area contributed by atoms with E-state index in [-0.39, 0.29) is 0 Å². The van der Waals surface area contributed by atoms with Crippen LogP contribution >= 0.6 is 0 Å². The zero-order chi connectivity index (χ0) is 9.99. The van der Waals surface area contributed by atoms with Gasteiger partial charge in [0.25, 0.3) is 0 Å². The molecular weight excluding hydrogens is 158 g/mol. The highest BCUT2D eigenvalue weighted by Crippen LogP contribution is 2.15. The molecule has 0 spiro atoms. The molecule has 0 aliphatic heterocycles. The Morgan fingerprint density at radius 2 is 1.58 bits per heavy atom. The van der Waals surface area contributed by atoms with Crippen molar-refractivity contribution in [3.8, 4) is 0 Å². The van der Waals surface area contributed by atoms with Crippen LogP contribution in [0.15, 0.2) is 0 Å². The fraction of sp³-hybridized carbons (Fsp3) is 0.875. The van der Waals surface area contributed by atoms with E-state index in [0.29, 0.717) is 0 Å². The summed E-state index contributed by atoms with van der Waals surface area (Å²) in [5.41, 5.74) is -1.86. The highest BCUT2D eigenvalue weighted by molar-refractivity contribution is 5.78. The van der Waals surface area contributed by atoms with Crippen molar-refractivity contribution in [2.45, 2.75) is 45.8 Å². The Hall–Kier alpha value is -0.610. The van der Waals surface area contributed by atoms with E-state index in [1.165, 1.54) is 13.8 Å². The molecule has 0 aromatic heterocycles. The molecule has 0 unspecified atom stereocenters. The number of carbonyl (C=O) groups excluding carboxylic acids is 1. The van der Waals surface area contributed by atoms with Crippen molar-refractivity contribution >= 4 is 5.97 Å². The quantitative estimate of drug-likeness (QED) is 0.464. The van der Waals surface area contributed by atoms with Gasteiger partial charge in [0.05, 0.1) is 0 Å². The minimum atomic E-state index is -1.30. The number of hydrogen-bond acceptors (Lipinski definition) is 3. The first kappa shape index (κ1) is 11.4. The molecule has 70 valence electrons. The highest BCUT2D eigenvalue weighted by Gasteiger charge is 2.33. The lowest BCUT2D eigenvalue weighted by Crippen LogP contribution is -2.40. The lowest BCUT2D eigenvalue weighted by Gasteiger charge is -2.25. The normalized spacial score (nSPS) is 12.8. The molecule has 0 aliphatic rings. The van der Waals surface area contributed by atoms with Crippen molar-refractivity contribution in [2.24, 2.45) is 0 Å². The maximum atomic E-state index is 11.2. The van der Waals surface area contributed by atoms with Crippen LogP contribution in [-0.2, 0) is 14.4 Å². The molecule has 0 heterocycles.